The maximum atomic E-state index is 5.37. The number of fused-ring (bicyclic) bond motifs is 3. The van der Waals surface area contributed by atoms with Crippen molar-refractivity contribution in [3.05, 3.63) is 291 Å². The normalized spacial score (nSPS) is 11.2. The first-order chi connectivity index (χ1) is 36.7. The Morgan fingerprint density at radius 3 is 1.03 bits per heavy atom. The van der Waals surface area contributed by atoms with Gasteiger partial charge in [0.05, 0.1) is 11.2 Å². The highest BCUT2D eigenvalue weighted by molar-refractivity contribution is 6.10. The van der Waals surface area contributed by atoms with E-state index < -0.39 is 0 Å². The van der Waals surface area contributed by atoms with Gasteiger partial charge in [0, 0.05) is 21.9 Å². The van der Waals surface area contributed by atoms with Crippen molar-refractivity contribution in [2.75, 3.05) is 0 Å². The van der Waals surface area contributed by atoms with Gasteiger partial charge >= 0.3 is 0 Å². The second kappa shape index (κ2) is 19.4. The third-order valence-corrected chi connectivity index (χ3v) is 14.3. The second-order valence-electron chi connectivity index (χ2n) is 18.9. The minimum atomic E-state index is 0.696. The van der Waals surface area contributed by atoms with E-state index in [2.05, 4.69) is 291 Å². The SMILES string of the molecule is c1ccc(-c2ccccc2-c2cccc(-c3cccc(-c4ccc(-c5nc(-c6ccc(-c7cccc(-c8cccc(-c9ccccc9-c9ccccc9)c8)c7)cc6)c6ccc7ccccc7c6n5)cc4)c3)c2)cc1. The minimum Gasteiger partial charge on any atom is -0.227 e. The molecule has 0 spiro atoms. The van der Waals surface area contributed by atoms with E-state index >= 15 is 0 Å². The van der Waals surface area contributed by atoms with Crippen molar-refractivity contribution in [2.24, 2.45) is 0 Å². The van der Waals surface area contributed by atoms with Crippen molar-refractivity contribution in [1.29, 1.82) is 0 Å². The molecule has 13 aromatic rings. The second-order valence-corrected chi connectivity index (χ2v) is 18.9. The molecule has 0 atom stereocenters. The summed E-state index contributed by atoms with van der Waals surface area (Å²) >= 11 is 0. The van der Waals surface area contributed by atoms with Crippen LogP contribution in [0.5, 0.6) is 0 Å². The Labute approximate surface area is 432 Å². The van der Waals surface area contributed by atoms with Crippen LogP contribution in [-0.4, -0.2) is 9.97 Å². The molecule has 13 rings (SSSR count). The van der Waals surface area contributed by atoms with E-state index in [9.17, 15) is 0 Å². The maximum Gasteiger partial charge on any atom is 0.160 e. The lowest BCUT2D eigenvalue weighted by molar-refractivity contribution is 1.23. The fourth-order valence-corrected chi connectivity index (χ4v) is 10.5. The van der Waals surface area contributed by atoms with Gasteiger partial charge in [0.2, 0.25) is 0 Å². The van der Waals surface area contributed by atoms with Gasteiger partial charge in [-0.3, -0.25) is 0 Å². The molecule has 0 bridgehead atoms. The van der Waals surface area contributed by atoms with Crippen LogP contribution in [0.25, 0.3) is 133 Å². The molecule has 1 heterocycles. The molecule has 74 heavy (non-hydrogen) atoms. The third kappa shape index (κ3) is 8.65. The van der Waals surface area contributed by atoms with Gasteiger partial charge in [-0.1, -0.05) is 261 Å². The molecule has 1 aromatic heterocycles. The largest absolute Gasteiger partial charge is 0.227 e. The van der Waals surface area contributed by atoms with E-state index in [4.69, 9.17) is 9.97 Å². The van der Waals surface area contributed by atoms with Gasteiger partial charge in [-0.2, -0.15) is 0 Å². The number of hydrogen-bond acceptors (Lipinski definition) is 2. The Morgan fingerprint density at radius 1 is 0.189 bits per heavy atom. The number of benzene rings is 12. The van der Waals surface area contributed by atoms with E-state index in [1.807, 2.05) is 0 Å². The van der Waals surface area contributed by atoms with Crippen LogP contribution < -0.4 is 0 Å². The summed E-state index contributed by atoms with van der Waals surface area (Å²) in [6.07, 6.45) is 0. The highest BCUT2D eigenvalue weighted by Gasteiger charge is 2.16. The van der Waals surface area contributed by atoms with Crippen molar-refractivity contribution in [1.82, 2.24) is 9.97 Å². The predicted molar refractivity (Wildman–Crippen MR) is 311 cm³/mol. The van der Waals surface area contributed by atoms with Gasteiger partial charge in [0.25, 0.3) is 0 Å². The molecule has 0 saturated heterocycles. The lowest BCUT2D eigenvalue weighted by atomic mass is 9.92. The molecule has 0 unspecified atom stereocenters. The van der Waals surface area contributed by atoms with Crippen molar-refractivity contribution in [3.63, 3.8) is 0 Å². The highest BCUT2D eigenvalue weighted by atomic mass is 14.9. The number of aromatic nitrogens is 2. The van der Waals surface area contributed by atoms with Gasteiger partial charge < -0.3 is 0 Å². The lowest BCUT2D eigenvalue weighted by Gasteiger charge is -2.13. The van der Waals surface area contributed by atoms with Crippen LogP contribution in [0.15, 0.2) is 291 Å². The van der Waals surface area contributed by atoms with Gasteiger partial charge in [0.15, 0.2) is 5.82 Å². The first kappa shape index (κ1) is 44.2. The van der Waals surface area contributed by atoms with Crippen LogP contribution in [0.2, 0.25) is 0 Å². The molecule has 0 N–H and O–H groups in total. The quantitative estimate of drug-likeness (QED) is 0.128. The molecular formula is C72H48N2. The standard InChI is InChI=1S/C72H48N2/c1-3-17-51(18-4-1)64-30-9-11-32-66(64)62-28-15-26-60(47-62)58-24-13-22-56(45-58)49-35-39-54(40-36-49)70-69-44-43-53-21-7-8-34-68(53)71(69)74-72(73-70)55-41-37-50(38-42-55)57-23-14-25-59(46-57)61-27-16-29-63(48-61)67-33-12-10-31-65(67)52-19-5-2-6-20-52/h1-48H. The van der Waals surface area contributed by atoms with E-state index in [-0.39, 0.29) is 0 Å². The van der Waals surface area contributed by atoms with E-state index in [0.717, 1.165) is 60.8 Å². The summed E-state index contributed by atoms with van der Waals surface area (Å²) in [7, 11) is 0. The van der Waals surface area contributed by atoms with Crippen molar-refractivity contribution >= 4 is 21.7 Å². The minimum absolute atomic E-state index is 0.696. The van der Waals surface area contributed by atoms with Crippen LogP contribution in [0.3, 0.4) is 0 Å². The van der Waals surface area contributed by atoms with E-state index in [1.165, 1.54) is 66.8 Å². The van der Waals surface area contributed by atoms with Crippen molar-refractivity contribution in [3.8, 4) is 112 Å². The first-order valence-corrected chi connectivity index (χ1v) is 25.3. The summed E-state index contributed by atoms with van der Waals surface area (Å²) in [5.74, 6) is 0.696. The zero-order chi connectivity index (χ0) is 49.2. The first-order valence-electron chi connectivity index (χ1n) is 25.3. The molecular weight excluding hydrogens is 893 g/mol. The van der Waals surface area contributed by atoms with Crippen LogP contribution >= 0.6 is 0 Å². The smallest absolute Gasteiger partial charge is 0.160 e. The summed E-state index contributed by atoms with van der Waals surface area (Å²) in [4.78, 5) is 10.7. The Bertz CT molecular complexity index is 4160. The molecule has 0 saturated carbocycles. The van der Waals surface area contributed by atoms with E-state index in [1.54, 1.807) is 0 Å². The van der Waals surface area contributed by atoms with Gasteiger partial charge in [-0.25, -0.2) is 9.97 Å². The highest BCUT2D eigenvalue weighted by Crippen LogP contribution is 2.39. The van der Waals surface area contributed by atoms with E-state index in [0.29, 0.717) is 5.82 Å². The molecule has 0 fully saturated rings. The summed E-state index contributed by atoms with van der Waals surface area (Å²) in [5, 5.41) is 3.28. The fraction of sp³-hybridized carbons (Fsp3) is 0. The zero-order valence-corrected chi connectivity index (χ0v) is 40.6. The predicted octanol–water partition coefficient (Wildman–Crippen LogP) is 19.5. The Hall–Kier alpha value is -9.76. The monoisotopic (exact) mass is 940 g/mol. The molecule has 0 amide bonds. The number of hydrogen-bond donors (Lipinski definition) is 0. The summed E-state index contributed by atoms with van der Waals surface area (Å²) in [5.41, 5.74) is 22.9. The Kier molecular flexibility index (Phi) is 11.6. The van der Waals surface area contributed by atoms with Crippen molar-refractivity contribution in [2.45, 2.75) is 0 Å². The van der Waals surface area contributed by atoms with Crippen LogP contribution in [0.1, 0.15) is 0 Å². The Balaban J connectivity index is 0.805. The molecule has 0 aliphatic rings. The molecule has 12 aromatic carbocycles. The average Bonchev–Trinajstić information content (AvgIpc) is 3.49. The molecule has 0 radical (unpaired) electrons. The molecule has 0 aliphatic carbocycles. The van der Waals surface area contributed by atoms with Gasteiger partial charge in [0.1, 0.15) is 0 Å². The summed E-state index contributed by atoms with van der Waals surface area (Å²) < 4.78 is 0. The number of rotatable bonds is 10. The van der Waals surface area contributed by atoms with Crippen molar-refractivity contribution < 1.29 is 0 Å². The van der Waals surface area contributed by atoms with Crippen LogP contribution in [0, 0.1) is 0 Å². The average molecular weight is 941 g/mol. The van der Waals surface area contributed by atoms with Gasteiger partial charge in [-0.15, -0.1) is 0 Å². The lowest BCUT2D eigenvalue weighted by Crippen LogP contribution is -1.96. The molecule has 2 heteroatoms. The molecule has 2 nitrogen and oxygen atoms in total. The molecule has 0 aliphatic heterocycles. The summed E-state index contributed by atoms with van der Waals surface area (Å²) in [6.45, 7) is 0. The zero-order valence-electron chi connectivity index (χ0n) is 40.6. The fourth-order valence-electron chi connectivity index (χ4n) is 10.5. The number of nitrogens with zero attached hydrogens (tertiary/aromatic N) is 2. The van der Waals surface area contributed by atoms with Crippen LogP contribution in [0.4, 0.5) is 0 Å². The van der Waals surface area contributed by atoms with Crippen LogP contribution in [-0.2, 0) is 0 Å². The summed E-state index contributed by atoms with van der Waals surface area (Å²) in [6, 6.07) is 104. The topological polar surface area (TPSA) is 25.8 Å². The van der Waals surface area contributed by atoms with Gasteiger partial charge in [-0.05, 0) is 125 Å². The Morgan fingerprint density at radius 2 is 0.541 bits per heavy atom. The third-order valence-electron chi connectivity index (χ3n) is 14.3. The maximum absolute atomic E-state index is 5.37. The molecule has 346 valence electrons.